The molecule has 0 unspecified atom stereocenters. The first-order valence-electron chi connectivity index (χ1n) is 16.9. The minimum Gasteiger partial charge on any atom is -0.508 e. The van der Waals surface area contributed by atoms with Crippen LogP contribution in [-0.2, 0) is 24.6 Å². The van der Waals surface area contributed by atoms with Crippen molar-refractivity contribution in [3.8, 4) is 11.5 Å². The molecular weight excluding hydrogens is 675 g/mol. The number of allylic oxidation sites excluding steroid dienone is 2. The van der Waals surface area contributed by atoms with E-state index in [4.69, 9.17) is 0 Å². The molecular formula is C40H32F3N3O6. The van der Waals surface area contributed by atoms with Gasteiger partial charge in [-0.1, -0.05) is 77.9 Å². The minimum atomic E-state index is -5.06. The number of ether oxygens (including phenoxy) is 1. The van der Waals surface area contributed by atoms with E-state index in [-0.39, 0.29) is 18.4 Å². The maximum atomic E-state index is 15.2. The Labute approximate surface area is 296 Å². The van der Waals surface area contributed by atoms with E-state index in [1.54, 1.807) is 91.0 Å². The first-order chi connectivity index (χ1) is 24.9. The molecule has 8 rings (SSSR count). The van der Waals surface area contributed by atoms with Gasteiger partial charge < -0.3 is 9.84 Å². The Hall–Kier alpha value is -5.91. The number of hydrogen-bond acceptors (Lipinski definition) is 7. The molecule has 4 aromatic rings. The molecule has 9 nitrogen and oxygen atoms in total. The van der Waals surface area contributed by atoms with Crippen LogP contribution in [0.3, 0.4) is 0 Å². The summed E-state index contributed by atoms with van der Waals surface area (Å²) < 4.78 is 45.0. The van der Waals surface area contributed by atoms with Gasteiger partial charge >= 0.3 is 6.36 Å². The highest BCUT2D eigenvalue weighted by atomic mass is 19.4. The number of benzene rings is 4. The third-order valence-corrected chi connectivity index (χ3v) is 11.0. The molecule has 3 fully saturated rings. The average molecular weight is 708 g/mol. The Kier molecular flexibility index (Phi) is 7.74. The Bertz CT molecular complexity index is 2140. The summed E-state index contributed by atoms with van der Waals surface area (Å²) in [4.78, 5) is 59.3. The largest absolute Gasteiger partial charge is 0.573 e. The van der Waals surface area contributed by atoms with Crippen LogP contribution in [0, 0.1) is 30.6 Å². The van der Waals surface area contributed by atoms with Gasteiger partial charge in [0.1, 0.15) is 11.5 Å². The lowest BCUT2D eigenvalue weighted by atomic mass is 9.49. The Morgan fingerprint density at radius 1 is 0.827 bits per heavy atom. The number of nitrogens with zero attached hydrogens (tertiary/aromatic N) is 2. The summed E-state index contributed by atoms with van der Waals surface area (Å²) in [6.45, 7) is 1.89. The summed E-state index contributed by atoms with van der Waals surface area (Å²) >= 11 is 0. The summed E-state index contributed by atoms with van der Waals surface area (Å²) in [6.07, 6.45) is -3.22. The number of hydrogen-bond donors (Lipinski definition) is 2. The minimum absolute atomic E-state index is 0.0177. The topological polar surface area (TPSA) is 116 Å². The van der Waals surface area contributed by atoms with E-state index in [0.717, 1.165) is 33.7 Å². The van der Waals surface area contributed by atoms with Crippen molar-refractivity contribution >= 4 is 35.0 Å². The van der Waals surface area contributed by atoms with Gasteiger partial charge in [-0.3, -0.25) is 29.5 Å². The van der Waals surface area contributed by atoms with E-state index in [1.165, 1.54) is 0 Å². The van der Waals surface area contributed by atoms with Crippen LogP contribution in [0.15, 0.2) is 115 Å². The van der Waals surface area contributed by atoms with E-state index in [0.29, 0.717) is 22.5 Å². The SMILES string of the molecule is Cc1ccc(NN2C(=O)[C@@H]3C[C@@H]4C(=CC[C@@H]5C(=O)N(c6ccccc6)C(=O)[C@@H]54)[C@H](c4cc(OC(F)(F)F)ccc4O)[C@]3(c3ccccc3)C2=O)cc1. The zero-order valence-electron chi connectivity index (χ0n) is 27.7. The molecule has 4 amide bonds. The van der Waals surface area contributed by atoms with Crippen molar-refractivity contribution in [1.82, 2.24) is 5.01 Å². The molecule has 0 aromatic heterocycles. The van der Waals surface area contributed by atoms with Crippen LogP contribution in [0.25, 0.3) is 0 Å². The number of carbonyl (C=O) groups is 4. The monoisotopic (exact) mass is 707 g/mol. The van der Waals surface area contributed by atoms with Gasteiger partial charge in [0.2, 0.25) is 11.8 Å². The molecule has 4 aliphatic rings. The van der Waals surface area contributed by atoms with E-state index in [1.807, 2.05) is 6.92 Å². The predicted molar refractivity (Wildman–Crippen MR) is 183 cm³/mol. The molecule has 12 heteroatoms. The zero-order chi connectivity index (χ0) is 36.5. The quantitative estimate of drug-likeness (QED) is 0.168. The maximum absolute atomic E-state index is 15.2. The molecule has 1 saturated carbocycles. The van der Waals surface area contributed by atoms with Crippen molar-refractivity contribution in [2.24, 2.45) is 23.7 Å². The van der Waals surface area contributed by atoms with E-state index in [9.17, 15) is 32.7 Å². The number of amides is 4. The maximum Gasteiger partial charge on any atom is 0.573 e. The van der Waals surface area contributed by atoms with Gasteiger partial charge in [-0.2, -0.15) is 5.01 Å². The molecule has 0 bridgehead atoms. The number of fused-ring (bicyclic) bond motifs is 4. The van der Waals surface area contributed by atoms with Crippen LogP contribution in [0.5, 0.6) is 11.5 Å². The number of para-hydroxylation sites is 1. The average Bonchev–Trinajstić information content (AvgIpc) is 3.51. The number of phenolic OH excluding ortho intramolecular Hbond substituents is 1. The van der Waals surface area contributed by atoms with Gasteiger partial charge in [0.25, 0.3) is 11.8 Å². The summed E-state index contributed by atoms with van der Waals surface area (Å²) in [7, 11) is 0. The van der Waals surface area contributed by atoms with E-state index in [2.05, 4.69) is 10.2 Å². The number of halogens is 3. The number of imide groups is 2. The number of rotatable bonds is 6. The second-order valence-corrected chi connectivity index (χ2v) is 13.7. The molecule has 2 saturated heterocycles. The lowest BCUT2D eigenvalue weighted by molar-refractivity contribution is -0.274. The number of hydrazine groups is 1. The van der Waals surface area contributed by atoms with E-state index < -0.39 is 76.5 Å². The Morgan fingerprint density at radius 2 is 1.50 bits per heavy atom. The van der Waals surface area contributed by atoms with Crippen LogP contribution < -0.4 is 15.1 Å². The normalized spacial score (nSPS) is 26.8. The van der Waals surface area contributed by atoms with Gasteiger partial charge in [0.05, 0.1) is 34.5 Å². The summed E-state index contributed by atoms with van der Waals surface area (Å²) in [6, 6.07) is 27.1. The third kappa shape index (κ3) is 5.07. The van der Waals surface area contributed by atoms with Crippen LogP contribution in [-0.4, -0.2) is 40.1 Å². The Balaban J connectivity index is 1.34. The lowest BCUT2D eigenvalue weighted by Crippen LogP contribution is -2.53. The fourth-order valence-electron chi connectivity index (χ4n) is 8.88. The van der Waals surface area contributed by atoms with Crippen LogP contribution in [0.2, 0.25) is 0 Å². The van der Waals surface area contributed by atoms with Crippen LogP contribution >= 0.6 is 0 Å². The molecule has 4 aromatic carbocycles. The summed E-state index contributed by atoms with van der Waals surface area (Å²) in [5.74, 6) is -8.10. The lowest BCUT2D eigenvalue weighted by Gasteiger charge is -2.50. The molecule has 2 heterocycles. The van der Waals surface area contributed by atoms with Crippen molar-refractivity contribution in [3.63, 3.8) is 0 Å². The van der Waals surface area contributed by atoms with Crippen molar-refractivity contribution in [2.75, 3.05) is 10.3 Å². The number of alkyl halides is 3. The number of phenols is 1. The highest BCUT2D eigenvalue weighted by Gasteiger charge is 2.70. The van der Waals surface area contributed by atoms with Gasteiger partial charge in [0, 0.05) is 11.5 Å². The fraction of sp³-hybridized carbons (Fsp3) is 0.250. The first kappa shape index (κ1) is 33.2. The second kappa shape index (κ2) is 12.1. The molecule has 0 spiro atoms. The van der Waals surface area contributed by atoms with Gasteiger partial charge in [-0.05, 0) is 73.7 Å². The van der Waals surface area contributed by atoms with Crippen molar-refractivity contribution < 1.29 is 42.2 Å². The standard InChI is InChI=1S/C40H32F3N3O6/c1-22-12-14-24(15-13-22)44-46-36(49)31-21-29-27(17-18-28-33(29)37(50)45(35(28)48)25-10-6-3-7-11-25)34(39(31,38(46)51)23-8-4-2-5-9-23)30-20-26(16-19-32(30)47)52-40(41,42)43/h2-17,19-20,28-29,31,33-34,44,47H,18,21H2,1H3/t28-,29+,31-,33-,34+,39+/m0/s1. The van der Waals surface area contributed by atoms with Crippen LogP contribution in [0.1, 0.15) is 35.4 Å². The molecule has 2 aliphatic heterocycles. The Morgan fingerprint density at radius 3 is 2.17 bits per heavy atom. The predicted octanol–water partition coefficient (Wildman–Crippen LogP) is 6.79. The summed E-state index contributed by atoms with van der Waals surface area (Å²) in [5.41, 5.74) is 3.77. The molecule has 2 N–H and O–H groups in total. The van der Waals surface area contributed by atoms with Crippen molar-refractivity contribution in [1.29, 1.82) is 0 Å². The van der Waals surface area contributed by atoms with Crippen molar-refractivity contribution in [3.05, 3.63) is 131 Å². The summed E-state index contributed by atoms with van der Waals surface area (Å²) in [5, 5.41) is 12.4. The van der Waals surface area contributed by atoms with Gasteiger partial charge in [0.15, 0.2) is 0 Å². The highest BCUT2D eigenvalue weighted by Crippen LogP contribution is 2.65. The smallest absolute Gasteiger partial charge is 0.508 e. The molecule has 6 atom stereocenters. The number of aryl methyl sites for hydroxylation is 1. The molecule has 2 aliphatic carbocycles. The number of nitrogens with one attached hydrogen (secondary N) is 1. The van der Waals surface area contributed by atoms with Gasteiger partial charge in [-0.25, -0.2) is 0 Å². The number of anilines is 2. The fourth-order valence-corrected chi connectivity index (χ4v) is 8.88. The third-order valence-electron chi connectivity index (χ3n) is 11.0. The highest BCUT2D eigenvalue weighted by molar-refractivity contribution is 6.22. The van der Waals surface area contributed by atoms with Crippen molar-refractivity contribution in [2.45, 2.75) is 37.5 Å². The van der Waals surface area contributed by atoms with Crippen LogP contribution in [0.4, 0.5) is 24.5 Å². The zero-order valence-corrected chi connectivity index (χ0v) is 27.7. The first-order valence-corrected chi connectivity index (χ1v) is 16.9. The number of aromatic hydroxyl groups is 1. The molecule has 52 heavy (non-hydrogen) atoms. The van der Waals surface area contributed by atoms with Gasteiger partial charge in [-0.15, -0.1) is 13.2 Å². The molecule has 264 valence electrons. The molecule has 0 radical (unpaired) electrons. The van der Waals surface area contributed by atoms with E-state index >= 15 is 4.79 Å². The second-order valence-electron chi connectivity index (χ2n) is 13.7. The number of carbonyl (C=O) groups excluding carboxylic acids is 4.